The van der Waals surface area contributed by atoms with E-state index in [0.717, 1.165) is 19.5 Å². The molecule has 0 saturated carbocycles. The summed E-state index contributed by atoms with van der Waals surface area (Å²) in [5.74, 6) is 0. The van der Waals surface area contributed by atoms with Crippen LogP contribution in [-0.4, -0.2) is 25.5 Å². The Labute approximate surface area is 68.6 Å². The van der Waals surface area contributed by atoms with Crippen LogP contribution in [0.4, 0.5) is 0 Å². The molecule has 0 aliphatic rings. The van der Waals surface area contributed by atoms with E-state index in [1.165, 1.54) is 6.42 Å². The summed E-state index contributed by atoms with van der Waals surface area (Å²) in [5.41, 5.74) is 0. The van der Waals surface area contributed by atoms with Crippen molar-refractivity contribution in [3.8, 4) is 0 Å². The van der Waals surface area contributed by atoms with Crippen molar-refractivity contribution >= 4 is 12.4 Å². The topological polar surface area (TPSA) is 36.8 Å². The minimum atomic E-state index is 0.956. The summed E-state index contributed by atoms with van der Waals surface area (Å²) in [6, 6.07) is 0. The van der Waals surface area contributed by atoms with Gasteiger partial charge in [-0.2, -0.15) is 10.2 Å². The zero-order valence-electron chi connectivity index (χ0n) is 7.38. The van der Waals surface area contributed by atoms with Crippen molar-refractivity contribution in [2.24, 2.45) is 10.2 Å². The Morgan fingerprint density at radius 3 is 2.73 bits per heavy atom. The molecule has 0 aromatic heterocycles. The van der Waals surface area contributed by atoms with Crippen molar-refractivity contribution in [3.63, 3.8) is 0 Å². The fraction of sp³-hybridized carbons (Fsp3) is 0.750. The Morgan fingerprint density at radius 1 is 1.27 bits per heavy atom. The van der Waals surface area contributed by atoms with E-state index >= 15 is 0 Å². The fourth-order valence-electron chi connectivity index (χ4n) is 0.640. The third-order valence-electron chi connectivity index (χ3n) is 1.14. The number of nitrogens with zero attached hydrogens (tertiary/aromatic N) is 2. The lowest BCUT2D eigenvalue weighted by Crippen LogP contribution is -2.15. The molecule has 0 aliphatic carbocycles. The van der Waals surface area contributed by atoms with Crippen LogP contribution in [0.1, 0.15) is 26.7 Å². The molecule has 0 radical (unpaired) electrons. The van der Waals surface area contributed by atoms with Crippen LogP contribution in [0.3, 0.4) is 0 Å². The molecule has 0 aromatic carbocycles. The van der Waals surface area contributed by atoms with E-state index in [4.69, 9.17) is 0 Å². The van der Waals surface area contributed by atoms with Gasteiger partial charge in [-0.1, -0.05) is 6.92 Å². The standard InChI is InChI=1S/C8H17N3/c1-3-6-9-7-5-8-11-10-4-2/h4,8-9H,3,5-7H2,1-2H3. The molecule has 11 heavy (non-hydrogen) atoms. The molecular formula is C8H17N3. The smallest absolute Gasteiger partial charge is 0.0282 e. The monoisotopic (exact) mass is 155 g/mol. The second kappa shape index (κ2) is 9.30. The van der Waals surface area contributed by atoms with Gasteiger partial charge in [-0.15, -0.1) is 0 Å². The average Bonchev–Trinajstić information content (AvgIpc) is 2.03. The lowest BCUT2D eigenvalue weighted by Gasteiger charge is -1.96. The van der Waals surface area contributed by atoms with Crippen LogP contribution in [0.2, 0.25) is 0 Å². The van der Waals surface area contributed by atoms with Gasteiger partial charge in [-0.05, 0) is 26.3 Å². The van der Waals surface area contributed by atoms with E-state index in [0.29, 0.717) is 0 Å². The molecule has 0 atom stereocenters. The van der Waals surface area contributed by atoms with Gasteiger partial charge in [-0.25, -0.2) is 0 Å². The Hall–Kier alpha value is -0.700. The summed E-state index contributed by atoms with van der Waals surface area (Å²) in [7, 11) is 0. The summed E-state index contributed by atoms with van der Waals surface area (Å²) in [4.78, 5) is 0. The van der Waals surface area contributed by atoms with Gasteiger partial charge in [0.25, 0.3) is 0 Å². The predicted molar refractivity (Wildman–Crippen MR) is 50.4 cm³/mol. The van der Waals surface area contributed by atoms with Gasteiger partial charge in [0, 0.05) is 19.0 Å². The van der Waals surface area contributed by atoms with Crippen molar-refractivity contribution in [1.29, 1.82) is 0 Å². The normalized spacial score (nSPS) is 11.8. The Balaban J connectivity index is 3.01. The highest BCUT2D eigenvalue weighted by atomic mass is 15.2. The first-order valence-corrected chi connectivity index (χ1v) is 4.12. The van der Waals surface area contributed by atoms with E-state index in [-0.39, 0.29) is 0 Å². The van der Waals surface area contributed by atoms with E-state index in [1.807, 2.05) is 13.1 Å². The first-order valence-electron chi connectivity index (χ1n) is 4.12. The largest absolute Gasteiger partial charge is 0.316 e. The van der Waals surface area contributed by atoms with E-state index in [9.17, 15) is 0 Å². The third-order valence-corrected chi connectivity index (χ3v) is 1.14. The van der Waals surface area contributed by atoms with Gasteiger partial charge in [0.05, 0.1) is 0 Å². The number of hydrogen-bond acceptors (Lipinski definition) is 3. The van der Waals surface area contributed by atoms with Crippen molar-refractivity contribution < 1.29 is 0 Å². The van der Waals surface area contributed by atoms with Crippen LogP contribution < -0.4 is 5.32 Å². The molecule has 0 unspecified atom stereocenters. The second-order valence-electron chi connectivity index (χ2n) is 2.21. The maximum Gasteiger partial charge on any atom is 0.0282 e. The van der Waals surface area contributed by atoms with Crippen molar-refractivity contribution in [2.45, 2.75) is 26.7 Å². The molecule has 0 fully saturated rings. The van der Waals surface area contributed by atoms with Crippen molar-refractivity contribution in [1.82, 2.24) is 5.32 Å². The van der Waals surface area contributed by atoms with Crippen LogP contribution in [0.15, 0.2) is 10.2 Å². The van der Waals surface area contributed by atoms with E-state index in [2.05, 4.69) is 22.4 Å². The van der Waals surface area contributed by atoms with Crippen molar-refractivity contribution in [2.75, 3.05) is 13.1 Å². The van der Waals surface area contributed by atoms with Gasteiger partial charge < -0.3 is 5.32 Å². The summed E-state index contributed by atoms with van der Waals surface area (Å²) in [5, 5.41) is 10.8. The number of rotatable bonds is 6. The highest BCUT2D eigenvalue weighted by Crippen LogP contribution is 1.74. The van der Waals surface area contributed by atoms with Gasteiger partial charge in [0.2, 0.25) is 0 Å². The Kier molecular flexibility index (Phi) is 8.71. The van der Waals surface area contributed by atoms with Crippen LogP contribution in [0.25, 0.3) is 0 Å². The van der Waals surface area contributed by atoms with Gasteiger partial charge in [0.15, 0.2) is 0 Å². The van der Waals surface area contributed by atoms with E-state index in [1.54, 1.807) is 6.21 Å². The average molecular weight is 155 g/mol. The molecule has 0 aliphatic heterocycles. The molecule has 1 N–H and O–H groups in total. The molecule has 0 bridgehead atoms. The Bertz CT molecular complexity index is 119. The summed E-state index contributed by atoms with van der Waals surface area (Å²) >= 11 is 0. The molecular weight excluding hydrogens is 138 g/mol. The Morgan fingerprint density at radius 2 is 2.09 bits per heavy atom. The number of nitrogens with one attached hydrogen (secondary N) is 1. The predicted octanol–water partition coefficient (Wildman–Crippen LogP) is 1.45. The molecule has 0 heterocycles. The maximum atomic E-state index is 3.79. The van der Waals surface area contributed by atoms with Crippen LogP contribution in [0, 0.1) is 0 Å². The molecule has 0 rings (SSSR count). The highest BCUT2D eigenvalue weighted by molar-refractivity contribution is 5.59. The molecule has 3 nitrogen and oxygen atoms in total. The van der Waals surface area contributed by atoms with E-state index < -0.39 is 0 Å². The first kappa shape index (κ1) is 10.3. The lowest BCUT2D eigenvalue weighted by molar-refractivity contribution is 0.688. The fourth-order valence-corrected chi connectivity index (χ4v) is 0.640. The lowest BCUT2D eigenvalue weighted by atomic mass is 10.4. The molecule has 0 amide bonds. The first-order chi connectivity index (χ1) is 5.41. The second-order valence-corrected chi connectivity index (χ2v) is 2.21. The summed E-state index contributed by atoms with van der Waals surface area (Å²) < 4.78 is 0. The maximum absolute atomic E-state index is 3.79. The molecule has 0 spiro atoms. The zero-order valence-corrected chi connectivity index (χ0v) is 7.38. The van der Waals surface area contributed by atoms with Crippen molar-refractivity contribution in [3.05, 3.63) is 0 Å². The SMILES string of the molecule is CC=NN=CCCNCCC. The quantitative estimate of drug-likeness (QED) is 0.352. The minimum Gasteiger partial charge on any atom is -0.316 e. The number of hydrogen-bond donors (Lipinski definition) is 1. The van der Waals surface area contributed by atoms with Crippen LogP contribution in [0.5, 0.6) is 0 Å². The molecule has 0 saturated heterocycles. The highest BCUT2D eigenvalue weighted by Gasteiger charge is 1.80. The minimum absolute atomic E-state index is 0.956. The molecule has 0 aromatic rings. The summed E-state index contributed by atoms with van der Waals surface area (Å²) in [6.07, 6.45) is 5.64. The van der Waals surface area contributed by atoms with Gasteiger partial charge in [-0.3, -0.25) is 0 Å². The molecule has 64 valence electrons. The van der Waals surface area contributed by atoms with Gasteiger partial charge >= 0.3 is 0 Å². The van der Waals surface area contributed by atoms with Crippen LogP contribution >= 0.6 is 0 Å². The van der Waals surface area contributed by atoms with Gasteiger partial charge in [0.1, 0.15) is 0 Å². The van der Waals surface area contributed by atoms with Crippen LogP contribution in [-0.2, 0) is 0 Å². The third kappa shape index (κ3) is 9.30. The summed E-state index contributed by atoms with van der Waals surface area (Å²) in [6.45, 7) is 6.09. The zero-order chi connectivity index (χ0) is 8.36. The molecule has 3 heteroatoms.